The summed E-state index contributed by atoms with van der Waals surface area (Å²) in [5.41, 5.74) is 1.29. The Morgan fingerprint density at radius 1 is 0.875 bits per heavy atom. The summed E-state index contributed by atoms with van der Waals surface area (Å²) in [7, 11) is 0. The number of aromatic hydroxyl groups is 1. The van der Waals surface area contributed by atoms with Crippen LogP contribution in [-0.4, -0.2) is 5.11 Å². The van der Waals surface area contributed by atoms with E-state index in [4.69, 9.17) is 16.7 Å². The number of halogens is 1. The minimum Gasteiger partial charge on any atom is -0.508 e. The van der Waals surface area contributed by atoms with E-state index in [1.165, 1.54) is 0 Å². The smallest absolute Gasteiger partial charge is 0.115 e. The summed E-state index contributed by atoms with van der Waals surface area (Å²) in [5, 5.41) is 17.7. The number of hydrogen-bond donors (Lipinski definition) is 1. The second kappa shape index (κ2) is 4.77. The molecule has 80 valence electrons. The van der Waals surface area contributed by atoms with Crippen LogP contribution in [-0.2, 0) is 0 Å². The molecular weight excluding hydrogens is 224 g/mol. The minimum absolute atomic E-state index is 0.205. The van der Waals surface area contributed by atoms with E-state index in [1.807, 2.05) is 12.1 Å². The highest BCUT2D eigenvalue weighted by Crippen LogP contribution is 2.26. The van der Waals surface area contributed by atoms with Crippen LogP contribution in [0, 0.1) is 0 Å². The van der Waals surface area contributed by atoms with Gasteiger partial charge in [0.15, 0.2) is 0 Å². The molecule has 0 saturated carbocycles. The first-order valence-corrected chi connectivity index (χ1v) is 5.09. The lowest BCUT2D eigenvalue weighted by molar-refractivity contribution is 0.475. The zero-order valence-corrected chi connectivity index (χ0v) is 9.09. The van der Waals surface area contributed by atoms with Gasteiger partial charge in [0.2, 0.25) is 0 Å². The van der Waals surface area contributed by atoms with Crippen molar-refractivity contribution >= 4 is 23.0 Å². The van der Waals surface area contributed by atoms with Crippen LogP contribution in [0.5, 0.6) is 5.75 Å². The van der Waals surface area contributed by atoms with E-state index in [1.54, 1.807) is 36.4 Å². The molecule has 0 heterocycles. The third-order valence-electron chi connectivity index (χ3n) is 1.98. The zero-order valence-electron chi connectivity index (χ0n) is 8.34. The summed E-state index contributed by atoms with van der Waals surface area (Å²) in [4.78, 5) is 0. The molecule has 0 saturated heterocycles. The fourth-order valence-corrected chi connectivity index (χ4v) is 1.34. The van der Waals surface area contributed by atoms with Crippen molar-refractivity contribution in [2.75, 3.05) is 0 Å². The van der Waals surface area contributed by atoms with Crippen molar-refractivity contribution in [1.29, 1.82) is 0 Å². The van der Waals surface area contributed by atoms with E-state index in [-0.39, 0.29) is 5.75 Å². The van der Waals surface area contributed by atoms with E-state index in [2.05, 4.69) is 10.2 Å². The molecular formula is C12H9ClN2O. The van der Waals surface area contributed by atoms with Crippen molar-refractivity contribution in [1.82, 2.24) is 0 Å². The second-order valence-corrected chi connectivity index (χ2v) is 3.58. The van der Waals surface area contributed by atoms with Crippen LogP contribution in [0.25, 0.3) is 0 Å². The Morgan fingerprint density at radius 2 is 1.56 bits per heavy atom. The summed E-state index contributed by atoms with van der Waals surface area (Å²) in [6.07, 6.45) is 0. The number of phenols is 1. The highest BCUT2D eigenvalue weighted by molar-refractivity contribution is 6.32. The molecule has 1 N–H and O–H groups in total. The van der Waals surface area contributed by atoms with Crippen molar-refractivity contribution in [2.24, 2.45) is 10.2 Å². The van der Waals surface area contributed by atoms with E-state index < -0.39 is 0 Å². The Kier molecular flexibility index (Phi) is 3.17. The summed E-state index contributed by atoms with van der Waals surface area (Å²) in [6.45, 7) is 0. The van der Waals surface area contributed by atoms with Gasteiger partial charge in [-0.25, -0.2) is 0 Å². The molecule has 0 aliphatic rings. The van der Waals surface area contributed by atoms with Gasteiger partial charge in [0.05, 0.1) is 10.7 Å². The van der Waals surface area contributed by atoms with Crippen LogP contribution in [0.2, 0.25) is 5.02 Å². The average Bonchev–Trinajstić information content (AvgIpc) is 2.30. The Labute approximate surface area is 98.0 Å². The monoisotopic (exact) mass is 232 g/mol. The van der Waals surface area contributed by atoms with E-state index >= 15 is 0 Å². The number of phenolic OH excluding ortho intramolecular Hbond substituents is 1. The quantitative estimate of drug-likeness (QED) is 0.764. The van der Waals surface area contributed by atoms with Gasteiger partial charge in [-0.3, -0.25) is 0 Å². The van der Waals surface area contributed by atoms with Gasteiger partial charge in [-0.15, -0.1) is 5.11 Å². The lowest BCUT2D eigenvalue weighted by Gasteiger charge is -1.95. The molecule has 0 fully saturated rings. The summed E-state index contributed by atoms with van der Waals surface area (Å²) in [6, 6.07) is 13.7. The maximum atomic E-state index is 9.09. The molecule has 0 aliphatic heterocycles. The standard InChI is InChI=1S/C12H9ClN2O/c13-11-3-1-2-4-12(11)15-14-9-5-7-10(16)8-6-9/h1-8,16H. The van der Waals surface area contributed by atoms with Crippen molar-refractivity contribution in [3.8, 4) is 5.75 Å². The van der Waals surface area contributed by atoms with Crippen molar-refractivity contribution in [3.63, 3.8) is 0 Å². The van der Waals surface area contributed by atoms with Crippen LogP contribution in [0.15, 0.2) is 58.8 Å². The minimum atomic E-state index is 0.205. The molecule has 0 bridgehead atoms. The summed E-state index contributed by atoms with van der Waals surface area (Å²) in [5.74, 6) is 0.205. The fraction of sp³-hybridized carbons (Fsp3) is 0. The number of azo groups is 1. The molecule has 16 heavy (non-hydrogen) atoms. The topological polar surface area (TPSA) is 45.0 Å². The van der Waals surface area contributed by atoms with Gasteiger partial charge in [-0.2, -0.15) is 5.11 Å². The fourth-order valence-electron chi connectivity index (χ4n) is 1.16. The molecule has 0 spiro atoms. The first-order valence-electron chi connectivity index (χ1n) is 4.71. The lowest BCUT2D eigenvalue weighted by Crippen LogP contribution is -1.67. The van der Waals surface area contributed by atoms with Crippen molar-refractivity contribution < 1.29 is 5.11 Å². The van der Waals surface area contributed by atoms with Gasteiger partial charge < -0.3 is 5.11 Å². The Morgan fingerprint density at radius 3 is 2.25 bits per heavy atom. The Bertz CT molecular complexity index is 509. The molecule has 2 aromatic carbocycles. The van der Waals surface area contributed by atoms with Gasteiger partial charge in [0.1, 0.15) is 11.4 Å². The first-order chi connectivity index (χ1) is 7.75. The Hall–Kier alpha value is -1.87. The lowest BCUT2D eigenvalue weighted by atomic mass is 10.3. The van der Waals surface area contributed by atoms with Gasteiger partial charge in [-0.1, -0.05) is 23.7 Å². The van der Waals surface area contributed by atoms with Crippen molar-refractivity contribution in [3.05, 3.63) is 53.6 Å². The number of hydrogen-bond acceptors (Lipinski definition) is 3. The van der Waals surface area contributed by atoms with Crippen molar-refractivity contribution in [2.45, 2.75) is 0 Å². The molecule has 0 atom stereocenters. The largest absolute Gasteiger partial charge is 0.508 e. The van der Waals surface area contributed by atoms with Crippen LogP contribution in [0.1, 0.15) is 0 Å². The summed E-state index contributed by atoms with van der Waals surface area (Å²) < 4.78 is 0. The molecule has 4 heteroatoms. The zero-order chi connectivity index (χ0) is 11.4. The van der Waals surface area contributed by atoms with E-state index in [0.29, 0.717) is 16.4 Å². The highest BCUT2D eigenvalue weighted by atomic mass is 35.5. The Balaban J connectivity index is 2.21. The van der Waals surface area contributed by atoms with Gasteiger partial charge >= 0.3 is 0 Å². The number of rotatable bonds is 2. The molecule has 0 aliphatic carbocycles. The SMILES string of the molecule is Oc1ccc(N=Nc2ccccc2Cl)cc1. The van der Waals surface area contributed by atoms with Gasteiger partial charge in [-0.05, 0) is 36.4 Å². The van der Waals surface area contributed by atoms with Crippen LogP contribution in [0.4, 0.5) is 11.4 Å². The first kappa shape index (κ1) is 10.6. The molecule has 0 amide bonds. The third kappa shape index (κ3) is 2.58. The molecule has 2 rings (SSSR count). The third-order valence-corrected chi connectivity index (χ3v) is 2.29. The summed E-state index contributed by atoms with van der Waals surface area (Å²) >= 11 is 5.92. The molecule has 2 aromatic rings. The molecule has 3 nitrogen and oxygen atoms in total. The molecule has 0 aromatic heterocycles. The predicted molar refractivity (Wildman–Crippen MR) is 63.7 cm³/mol. The average molecular weight is 233 g/mol. The van der Waals surface area contributed by atoms with Crippen LogP contribution in [0.3, 0.4) is 0 Å². The maximum absolute atomic E-state index is 9.09. The predicted octanol–water partition coefficient (Wildman–Crippen LogP) is 4.46. The molecule has 0 unspecified atom stereocenters. The molecule has 0 radical (unpaired) electrons. The highest BCUT2D eigenvalue weighted by Gasteiger charge is 1.96. The van der Waals surface area contributed by atoms with Gasteiger partial charge in [0, 0.05) is 0 Å². The van der Waals surface area contributed by atoms with Crippen LogP contribution >= 0.6 is 11.6 Å². The van der Waals surface area contributed by atoms with Gasteiger partial charge in [0.25, 0.3) is 0 Å². The normalized spacial score (nSPS) is 10.8. The maximum Gasteiger partial charge on any atom is 0.115 e. The van der Waals surface area contributed by atoms with E-state index in [9.17, 15) is 0 Å². The van der Waals surface area contributed by atoms with E-state index in [0.717, 1.165) is 0 Å². The number of nitrogens with zero attached hydrogens (tertiary/aromatic N) is 2. The second-order valence-electron chi connectivity index (χ2n) is 3.17. The van der Waals surface area contributed by atoms with Crippen LogP contribution < -0.4 is 0 Å². The number of benzene rings is 2.